The second-order valence-corrected chi connectivity index (χ2v) is 4.28. The zero-order valence-corrected chi connectivity index (χ0v) is 8.17. The average molecular weight is 185 g/mol. The summed E-state index contributed by atoms with van der Waals surface area (Å²) in [6, 6.07) is 0. The number of rotatable bonds is 3. The topological polar surface area (TPSA) is 32.7 Å². The number of hydrogen-bond donors (Lipinski definition) is 1. The van der Waals surface area contributed by atoms with Crippen LogP contribution in [0.3, 0.4) is 0 Å². The molecule has 1 saturated heterocycles. The molecule has 2 rings (SSSR count). The summed E-state index contributed by atoms with van der Waals surface area (Å²) in [6.07, 6.45) is 4.11. The monoisotopic (exact) mass is 185 g/mol. The smallest absolute Gasteiger partial charge is 0.0662 e. The molecule has 0 aromatic heterocycles. The Kier molecular flexibility index (Phi) is 2.86. The first-order valence-corrected chi connectivity index (χ1v) is 5.31. The molecule has 2 fully saturated rings. The van der Waals surface area contributed by atoms with Crippen LogP contribution in [-0.4, -0.2) is 48.5 Å². The van der Waals surface area contributed by atoms with E-state index in [0.717, 1.165) is 58.5 Å². The third-order valence-corrected chi connectivity index (χ3v) is 3.04. The molecule has 1 heterocycles. The molecule has 0 unspecified atom stereocenters. The molecule has 1 aliphatic carbocycles. The Labute approximate surface area is 79.7 Å². The maximum Gasteiger partial charge on any atom is 0.0662 e. The van der Waals surface area contributed by atoms with Crippen LogP contribution in [0.4, 0.5) is 0 Å². The van der Waals surface area contributed by atoms with Crippen molar-refractivity contribution in [1.29, 1.82) is 0 Å². The molecule has 1 saturated carbocycles. The highest BCUT2D eigenvalue weighted by Crippen LogP contribution is 2.38. The molecule has 1 N–H and O–H groups in total. The predicted molar refractivity (Wildman–Crippen MR) is 50.7 cm³/mol. The van der Waals surface area contributed by atoms with E-state index in [1.54, 1.807) is 0 Å². The van der Waals surface area contributed by atoms with Crippen LogP contribution in [0.25, 0.3) is 0 Å². The van der Waals surface area contributed by atoms with Crippen LogP contribution in [0.5, 0.6) is 0 Å². The van der Waals surface area contributed by atoms with Gasteiger partial charge in [-0.15, -0.1) is 0 Å². The summed E-state index contributed by atoms with van der Waals surface area (Å²) in [4.78, 5) is 2.41. The van der Waals surface area contributed by atoms with Crippen molar-refractivity contribution < 1.29 is 9.84 Å². The fraction of sp³-hybridized carbons (Fsp3) is 1.00. The molecular weight excluding hydrogens is 166 g/mol. The van der Waals surface area contributed by atoms with E-state index < -0.39 is 0 Å². The first-order chi connectivity index (χ1) is 6.29. The third kappa shape index (κ3) is 2.93. The van der Waals surface area contributed by atoms with Crippen molar-refractivity contribution >= 4 is 0 Å². The zero-order chi connectivity index (χ0) is 9.15. The van der Waals surface area contributed by atoms with Gasteiger partial charge in [0.15, 0.2) is 0 Å². The molecule has 0 aromatic carbocycles. The van der Waals surface area contributed by atoms with Crippen molar-refractivity contribution in [2.24, 2.45) is 0 Å². The largest absolute Gasteiger partial charge is 0.390 e. The predicted octanol–water partition coefficient (Wildman–Crippen LogP) is 0.624. The van der Waals surface area contributed by atoms with Crippen molar-refractivity contribution in [2.75, 3.05) is 32.8 Å². The molecule has 3 nitrogen and oxygen atoms in total. The lowest BCUT2D eigenvalue weighted by Crippen LogP contribution is -2.30. The normalized spacial score (nSPS) is 28.4. The Bertz CT molecular complexity index is 160. The summed E-state index contributed by atoms with van der Waals surface area (Å²) in [5.74, 6) is 0. The van der Waals surface area contributed by atoms with Gasteiger partial charge < -0.3 is 14.7 Å². The lowest BCUT2D eigenvalue weighted by molar-refractivity contribution is 0.112. The van der Waals surface area contributed by atoms with E-state index in [4.69, 9.17) is 4.74 Å². The van der Waals surface area contributed by atoms with Crippen molar-refractivity contribution in [3.8, 4) is 0 Å². The second kappa shape index (κ2) is 3.95. The molecule has 13 heavy (non-hydrogen) atoms. The number of aliphatic hydroxyl groups is 1. The van der Waals surface area contributed by atoms with Gasteiger partial charge in [0, 0.05) is 26.2 Å². The fourth-order valence-electron chi connectivity index (χ4n) is 1.78. The molecule has 1 aliphatic heterocycles. The Morgan fingerprint density at radius 3 is 2.85 bits per heavy atom. The highest BCUT2D eigenvalue weighted by molar-refractivity contribution is 4.93. The van der Waals surface area contributed by atoms with Gasteiger partial charge in [-0.1, -0.05) is 0 Å². The van der Waals surface area contributed by atoms with Gasteiger partial charge in [-0.05, 0) is 25.7 Å². The molecule has 0 bridgehead atoms. The quantitative estimate of drug-likeness (QED) is 0.700. The van der Waals surface area contributed by atoms with Gasteiger partial charge in [-0.2, -0.15) is 0 Å². The van der Waals surface area contributed by atoms with Crippen LogP contribution in [0.15, 0.2) is 0 Å². The molecule has 0 aromatic rings. The van der Waals surface area contributed by atoms with Crippen LogP contribution < -0.4 is 0 Å². The Balaban J connectivity index is 1.67. The van der Waals surface area contributed by atoms with Crippen LogP contribution in [-0.2, 0) is 4.74 Å². The summed E-state index contributed by atoms with van der Waals surface area (Å²) >= 11 is 0. The van der Waals surface area contributed by atoms with E-state index in [9.17, 15) is 5.11 Å². The second-order valence-electron chi connectivity index (χ2n) is 4.28. The molecule has 3 heteroatoms. The first-order valence-electron chi connectivity index (χ1n) is 5.31. The van der Waals surface area contributed by atoms with Crippen LogP contribution in [0.2, 0.25) is 0 Å². The minimum absolute atomic E-state index is 0.285. The van der Waals surface area contributed by atoms with Crippen LogP contribution in [0.1, 0.15) is 25.7 Å². The minimum Gasteiger partial charge on any atom is -0.390 e. The Morgan fingerprint density at radius 1 is 1.23 bits per heavy atom. The van der Waals surface area contributed by atoms with Gasteiger partial charge >= 0.3 is 0 Å². The maximum absolute atomic E-state index is 9.67. The minimum atomic E-state index is -0.285. The lowest BCUT2D eigenvalue weighted by Gasteiger charge is -2.20. The van der Waals surface area contributed by atoms with E-state index in [-0.39, 0.29) is 5.60 Å². The molecule has 76 valence electrons. The Hall–Kier alpha value is -0.120. The van der Waals surface area contributed by atoms with Gasteiger partial charge in [-0.25, -0.2) is 0 Å². The molecule has 0 amide bonds. The van der Waals surface area contributed by atoms with Gasteiger partial charge in [0.25, 0.3) is 0 Å². The SMILES string of the molecule is OC1(CCN2CCCOCC2)CC1. The molecule has 0 radical (unpaired) electrons. The third-order valence-electron chi connectivity index (χ3n) is 3.04. The zero-order valence-electron chi connectivity index (χ0n) is 8.17. The molecule has 2 aliphatic rings. The summed E-state index contributed by atoms with van der Waals surface area (Å²) < 4.78 is 5.37. The number of ether oxygens (including phenoxy) is 1. The highest BCUT2D eigenvalue weighted by atomic mass is 16.5. The number of hydrogen-bond acceptors (Lipinski definition) is 3. The van der Waals surface area contributed by atoms with E-state index in [1.165, 1.54) is 0 Å². The van der Waals surface area contributed by atoms with Crippen LogP contribution >= 0.6 is 0 Å². The van der Waals surface area contributed by atoms with Gasteiger partial charge in [0.2, 0.25) is 0 Å². The highest BCUT2D eigenvalue weighted by Gasteiger charge is 2.39. The van der Waals surface area contributed by atoms with Crippen molar-refractivity contribution in [2.45, 2.75) is 31.3 Å². The summed E-state index contributed by atoms with van der Waals surface area (Å²) in [7, 11) is 0. The van der Waals surface area contributed by atoms with Crippen molar-refractivity contribution in [3.63, 3.8) is 0 Å². The van der Waals surface area contributed by atoms with E-state index in [1.807, 2.05) is 0 Å². The summed E-state index contributed by atoms with van der Waals surface area (Å²) in [6.45, 7) is 4.98. The van der Waals surface area contributed by atoms with Crippen LogP contribution in [0, 0.1) is 0 Å². The van der Waals surface area contributed by atoms with Gasteiger partial charge in [-0.3, -0.25) is 0 Å². The van der Waals surface area contributed by atoms with Crippen molar-refractivity contribution in [1.82, 2.24) is 4.90 Å². The molecular formula is C10H19NO2. The van der Waals surface area contributed by atoms with E-state index in [2.05, 4.69) is 4.90 Å². The van der Waals surface area contributed by atoms with Gasteiger partial charge in [0.05, 0.1) is 12.2 Å². The summed E-state index contributed by atoms with van der Waals surface area (Å²) in [5.41, 5.74) is -0.285. The fourth-order valence-corrected chi connectivity index (χ4v) is 1.78. The number of nitrogens with zero attached hydrogens (tertiary/aromatic N) is 1. The van der Waals surface area contributed by atoms with E-state index in [0.29, 0.717) is 0 Å². The molecule has 0 atom stereocenters. The lowest BCUT2D eigenvalue weighted by atomic mass is 10.2. The van der Waals surface area contributed by atoms with Crippen molar-refractivity contribution in [3.05, 3.63) is 0 Å². The van der Waals surface area contributed by atoms with Gasteiger partial charge in [0.1, 0.15) is 0 Å². The first kappa shape index (κ1) is 9.44. The Morgan fingerprint density at radius 2 is 2.08 bits per heavy atom. The standard InChI is InChI=1S/C10H19NO2/c12-10(2-3-10)4-6-11-5-1-8-13-9-7-11/h12H,1-9H2. The summed E-state index contributed by atoms with van der Waals surface area (Å²) in [5, 5.41) is 9.67. The average Bonchev–Trinajstić information content (AvgIpc) is 2.87. The van der Waals surface area contributed by atoms with E-state index >= 15 is 0 Å². The maximum atomic E-state index is 9.67. The molecule has 0 spiro atoms.